The lowest BCUT2D eigenvalue weighted by atomic mass is 10.5. The van der Waals surface area contributed by atoms with Crippen molar-refractivity contribution in [3.63, 3.8) is 0 Å². The molecule has 1 heterocycles. The summed E-state index contributed by atoms with van der Waals surface area (Å²) in [6, 6.07) is 0. The zero-order valence-electron chi connectivity index (χ0n) is 8.04. The number of hydrogen-bond acceptors (Lipinski definition) is 7. The predicted molar refractivity (Wildman–Crippen MR) is 49.8 cm³/mol. The molecule has 1 rings (SSSR count). The van der Waals surface area contributed by atoms with E-state index in [0.717, 1.165) is 6.33 Å². The monoisotopic (exact) mass is 214 g/mol. The van der Waals surface area contributed by atoms with Gasteiger partial charge in [0.25, 0.3) is 0 Å². The summed E-state index contributed by atoms with van der Waals surface area (Å²) in [6.07, 6.45) is 1.12. The molecule has 0 amide bonds. The first kappa shape index (κ1) is 11.1. The van der Waals surface area contributed by atoms with Crippen LogP contribution in [0.15, 0.2) is 6.33 Å². The molecule has 0 fully saturated rings. The number of ether oxygens (including phenoxy) is 2. The van der Waals surface area contributed by atoms with Crippen LogP contribution in [0, 0.1) is 10.1 Å². The van der Waals surface area contributed by atoms with E-state index < -0.39 is 10.6 Å². The van der Waals surface area contributed by atoms with E-state index in [1.54, 1.807) is 0 Å². The Morgan fingerprint density at radius 2 is 2.20 bits per heavy atom. The summed E-state index contributed by atoms with van der Waals surface area (Å²) in [5.74, 6) is -0.278. The molecule has 0 spiro atoms. The summed E-state index contributed by atoms with van der Waals surface area (Å²) >= 11 is 0. The molecule has 2 N–H and O–H groups in total. The van der Waals surface area contributed by atoms with Crippen LogP contribution in [0.3, 0.4) is 0 Å². The van der Waals surface area contributed by atoms with Crippen molar-refractivity contribution in [3.05, 3.63) is 16.4 Å². The SMILES string of the molecule is COc1ncnc(OCCN)c1[N+](=O)[O-]. The Labute approximate surface area is 85.2 Å². The summed E-state index contributed by atoms with van der Waals surface area (Å²) in [4.78, 5) is 17.3. The zero-order chi connectivity index (χ0) is 11.3. The molecule has 1 aromatic heterocycles. The lowest BCUT2D eigenvalue weighted by Gasteiger charge is -2.05. The minimum Gasteiger partial charge on any atom is -0.476 e. The van der Waals surface area contributed by atoms with Gasteiger partial charge in [-0.25, -0.2) is 0 Å². The molecule has 0 saturated heterocycles. The smallest absolute Gasteiger partial charge is 0.392 e. The van der Waals surface area contributed by atoms with Crippen LogP contribution in [0.1, 0.15) is 0 Å². The minimum atomic E-state index is -0.662. The normalized spacial score (nSPS) is 9.73. The van der Waals surface area contributed by atoms with Crippen LogP contribution in [0.2, 0.25) is 0 Å². The quantitative estimate of drug-likeness (QED) is 0.530. The van der Waals surface area contributed by atoms with Crippen molar-refractivity contribution in [3.8, 4) is 11.8 Å². The number of aromatic nitrogens is 2. The maximum absolute atomic E-state index is 10.7. The van der Waals surface area contributed by atoms with E-state index in [-0.39, 0.29) is 24.9 Å². The van der Waals surface area contributed by atoms with E-state index in [4.69, 9.17) is 15.2 Å². The second-order valence-electron chi connectivity index (χ2n) is 2.43. The van der Waals surface area contributed by atoms with Crippen LogP contribution in [0.25, 0.3) is 0 Å². The first-order chi connectivity index (χ1) is 7.20. The van der Waals surface area contributed by atoms with Gasteiger partial charge in [0.1, 0.15) is 12.9 Å². The van der Waals surface area contributed by atoms with Gasteiger partial charge in [0.15, 0.2) is 0 Å². The molecule has 82 valence electrons. The Kier molecular flexibility index (Phi) is 3.75. The van der Waals surface area contributed by atoms with Gasteiger partial charge in [-0.3, -0.25) is 10.1 Å². The number of nitrogens with zero attached hydrogens (tertiary/aromatic N) is 3. The van der Waals surface area contributed by atoms with Crippen molar-refractivity contribution in [2.75, 3.05) is 20.3 Å². The van der Waals surface area contributed by atoms with Gasteiger partial charge >= 0.3 is 17.4 Å². The lowest BCUT2D eigenvalue weighted by Crippen LogP contribution is -2.12. The van der Waals surface area contributed by atoms with Crippen LogP contribution in [-0.2, 0) is 0 Å². The molecule has 0 unspecified atom stereocenters. The Balaban J connectivity index is 3.07. The largest absolute Gasteiger partial charge is 0.476 e. The van der Waals surface area contributed by atoms with Gasteiger partial charge in [0.2, 0.25) is 0 Å². The Morgan fingerprint density at radius 1 is 1.53 bits per heavy atom. The van der Waals surface area contributed by atoms with Gasteiger partial charge in [-0.05, 0) is 0 Å². The second-order valence-corrected chi connectivity index (χ2v) is 2.43. The van der Waals surface area contributed by atoms with Gasteiger partial charge in [-0.15, -0.1) is 0 Å². The van der Waals surface area contributed by atoms with Gasteiger partial charge in [-0.1, -0.05) is 0 Å². The first-order valence-corrected chi connectivity index (χ1v) is 4.07. The third-order valence-corrected chi connectivity index (χ3v) is 1.49. The second kappa shape index (κ2) is 5.05. The molecular weight excluding hydrogens is 204 g/mol. The Hall–Kier alpha value is -1.96. The average Bonchev–Trinajstić information content (AvgIpc) is 2.25. The fourth-order valence-corrected chi connectivity index (χ4v) is 0.914. The molecule has 0 aliphatic rings. The molecule has 0 aliphatic carbocycles. The summed E-state index contributed by atoms with van der Waals surface area (Å²) in [5.41, 5.74) is 4.81. The van der Waals surface area contributed by atoms with Gasteiger partial charge in [0.05, 0.1) is 12.0 Å². The van der Waals surface area contributed by atoms with Crippen LogP contribution < -0.4 is 15.2 Å². The number of hydrogen-bond donors (Lipinski definition) is 1. The molecule has 0 radical (unpaired) electrons. The van der Waals surface area contributed by atoms with Crippen LogP contribution in [0.4, 0.5) is 5.69 Å². The van der Waals surface area contributed by atoms with Crippen LogP contribution >= 0.6 is 0 Å². The van der Waals surface area contributed by atoms with Gasteiger partial charge < -0.3 is 15.2 Å². The number of methoxy groups -OCH3 is 1. The molecule has 0 bridgehead atoms. The van der Waals surface area contributed by atoms with E-state index in [1.807, 2.05) is 0 Å². The summed E-state index contributed by atoms with van der Waals surface area (Å²) in [5, 5.41) is 10.7. The van der Waals surface area contributed by atoms with E-state index >= 15 is 0 Å². The predicted octanol–water partition coefficient (Wildman–Crippen LogP) is -0.269. The van der Waals surface area contributed by atoms with Gasteiger partial charge in [0, 0.05) is 6.54 Å². The van der Waals surface area contributed by atoms with E-state index in [0.29, 0.717) is 0 Å². The first-order valence-electron chi connectivity index (χ1n) is 4.07. The van der Waals surface area contributed by atoms with Crippen molar-refractivity contribution in [2.24, 2.45) is 5.73 Å². The molecule has 0 saturated carbocycles. The van der Waals surface area contributed by atoms with E-state index in [9.17, 15) is 10.1 Å². The average molecular weight is 214 g/mol. The topological polar surface area (TPSA) is 113 Å². The number of nitro groups is 1. The minimum absolute atomic E-state index is 0.137. The van der Waals surface area contributed by atoms with Crippen molar-refractivity contribution in [1.82, 2.24) is 9.97 Å². The lowest BCUT2D eigenvalue weighted by molar-refractivity contribution is -0.387. The van der Waals surface area contributed by atoms with E-state index in [2.05, 4.69) is 9.97 Å². The number of rotatable bonds is 5. The summed E-state index contributed by atoms with van der Waals surface area (Å²) in [7, 11) is 1.28. The molecular formula is C7H10N4O4. The maximum atomic E-state index is 10.7. The molecule has 8 heteroatoms. The third-order valence-electron chi connectivity index (χ3n) is 1.49. The molecule has 8 nitrogen and oxygen atoms in total. The number of nitrogens with two attached hydrogens (primary N) is 1. The molecule has 0 atom stereocenters. The summed E-state index contributed by atoms with van der Waals surface area (Å²) in [6.45, 7) is 0.379. The summed E-state index contributed by atoms with van der Waals surface area (Å²) < 4.78 is 9.72. The fourth-order valence-electron chi connectivity index (χ4n) is 0.914. The zero-order valence-corrected chi connectivity index (χ0v) is 8.04. The Bertz CT molecular complexity index is 357. The Morgan fingerprint density at radius 3 is 2.73 bits per heavy atom. The highest BCUT2D eigenvalue weighted by molar-refractivity contribution is 5.48. The van der Waals surface area contributed by atoms with Crippen LogP contribution in [0.5, 0.6) is 11.8 Å². The molecule has 0 aliphatic heterocycles. The molecule has 1 aromatic rings. The maximum Gasteiger partial charge on any atom is 0.392 e. The highest BCUT2D eigenvalue weighted by Crippen LogP contribution is 2.31. The van der Waals surface area contributed by atoms with Crippen molar-refractivity contribution in [2.45, 2.75) is 0 Å². The molecule has 15 heavy (non-hydrogen) atoms. The standard InChI is InChI=1S/C7H10N4O4/c1-14-6-5(11(12)13)7(10-4-9-6)15-3-2-8/h4H,2-3,8H2,1H3. The fraction of sp³-hybridized carbons (Fsp3) is 0.429. The van der Waals surface area contributed by atoms with E-state index in [1.165, 1.54) is 7.11 Å². The van der Waals surface area contributed by atoms with Crippen molar-refractivity contribution < 1.29 is 14.4 Å². The van der Waals surface area contributed by atoms with Gasteiger partial charge in [-0.2, -0.15) is 9.97 Å². The third kappa shape index (κ3) is 2.50. The molecule has 0 aromatic carbocycles. The van der Waals surface area contributed by atoms with Crippen molar-refractivity contribution >= 4 is 5.69 Å². The highest BCUT2D eigenvalue weighted by Gasteiger charge is 2.25. The van der Waals surface area contributed by atoms with Crippen molar-refractivity contribution in [1.29, 1.82) is 0 Å². The highest BCUT2D eigenvalue weighted by atomic mass is 16.6. The van der Waals surface area contributed by atoms with Crippen LogP contribution in [-0.4, -0.2) is 35.2 Å².